The molecule has 3 aliphatic heterocycles. The number of likely N-dealkylation sites (N-methyl/N-ethyl adjacent to an activating group) is 1. The maximum absolute atomic E-state index is 13.5. The van der Waals surface area contributed by atoms with Crippen molar-refractivity contribution in [3.05, 3.63) is 35.9 Å². The van der Waals surface area contributed by atoms with E-state index < -0.39 is 6.04 Å². The lowest BCUT2D eigenvalue weighted by Crippen LogP contribution is -2.57. The standard InChI is InChI=1S/C23H32N4O3/c1-15(24-2)21(28)25-19-10-6-9-18-13-17-11-12-26(14-20(17)27(18)23(19)30)22(29)16-7-4-3-5-8-16/h3-5,7-8,15,17-20,24H,6,9-14H2,1-2H3,(H,25,28)/t15-,17+,18-,19-,20+/m0/s1. The van der Waals surface area contributed by atoms with Crippen LogP contribution in [0, 0.1) is 5.92 Å². The average molecular weight is 413 g/mol. The quantitative estimate of drug-likeness (QED) is 0.783. The topological polar surface area (TPSA) is 81.8 Å². The van der Waals surface area contributed by atoms with Crippen LogP contribution in [0.4, 0.5) is 0 Å². The number of nitrogens with one attached hydrogen (secondary N) is 2. The average Bonchev–Trinajstić information content (AvgIpc) is 3.07. The van der Waals surface area contributed by atoms with Gasteiger partial charge in [-0.2, -0.15) is 0 Å². The van der Waals surface area contributed by atoms with Gasteiger partial charge in [0.2, 0.25) is 11.8 Å². The van der Waals surface area contributed by atoms with Crippen LogP contribution in [0.2, 0.25) is 0 Å². The minimum atomic E-state index is -0.475. The highest BCUT2D eigenvalue weighted by Gasteiger charge is 2.49. The lowest BCUT2D eigenvalue weighted by atomic mass is 9.89. The van der Waals surface area contributed by atoms with Gasteiger partial charge < -0.3 is 20.4 Å². The van der Waals surface area contributed by atoms with E-state index in [1.807, 2.05) is 40.1 Å². The predicted molar refractivity (Wildman–Crippen MR) is 114 cm³/mol. The summed E-state index contributed by atoms with van der Waals surface area (Å²) in [6.07, 6.45) is 4.52. The van der Waals surface area contributed by atoms with E-state index >= 15 is 0 Å². The number of hydrogen-bond acceptors (Lipinski definition) is 4. The van der Waals surface area contributed by atoms with Crippen molar-refractivity contribution in [3.63, 3.8) is 0 Å². The SMILES string of the molecule is CN[C@@H](C)C(=O)N[C@H]1CCC[C@H]2C[C@H]3CCN(C(=O)c4ccccc4)C[C@H]3N2C1=O. The van der Waals surface area contributed by atoms with Gasteiger partial charge in [-0.05, 0) is 64.1 Å². The van der Waals surface area contributed by atoms with Crippen molar-refractivity contribution in [1.29, 1.82) is 0 Å². The van der Waals surface area contributed by atoms with E-state index in [0.717, 1.165) is 32.2 Å². The van der Waals surface area contributed by atoms with E-state index in [2.05, 4.69) is 10.6 Å². The normalized spacial score (nSPS) is 29.6. The van der Waals surface area contributed by atoms with Crippen molar-refractivity contribution in [2.24, 2.45) is 5.92 Å². The molecule has 0 aliphatic carbocycles. The first-order valence-corrected chi connectivity index (χ1v) is 11.1. The van der Waals surface area contributed by atoms with E-state index in [-0.39, 0.29) is 35.8 Å². The van der Waals surface area contributed by atoms with Gasteiger partial charge in [0.15, 0.2) is 0 Å². The Morgan fingerprint density at radius 1 is 1.13 bits per heavy atom. The van der Waals surface area contributed by atoms with E-state index in [9.17, 15) is 14.4 Å². The molecule has 0 saturated carbocycles. The van der Waals surface area contributed by atoms with Gasteiger partial charge >= 0.3 is 0 Å². The number of fused-ring (bicyclic) bond motifs is 3. The second-order valence-electron chi connectivity index (χ2n) is 8.87. The first kappa shape index (κ1) is 20.8. The van der Waals surface area contributed by atoms with Crippen molar-refractivity contribution in [2.75, 3.05) is 20.1 Å². The second-order valence-corrected chi connectivity index (χ2v) is 8.87. The number of carbonyl (C=O) groups is 3. The molecular formula is C23H32N4O3. The van der Waals surface area contributed by atoms with Crippen molar-refractivity contribution >= 4 is 17.7 Å². The molecule has 7 nitrogen and oxygen atoms in total. The molecule has 1 aromatic rings. The van der Waals surface area contributed by atoms with Crippen LogP contribution < -0.4 is 10.6 Å². The maximum Gasteiger partial charge on any atom is 0.253 e. The van der Waals surface area contributed by atoms with Crippen LogP contribution in [0.5, 0.6) is 0 Å². The summed E-state index contributed by atoms with van der Waals surface area (Å²) < 4.78 is 0. The van der Waals surface area contributed by atoms with Crippen LogP contribution in [-0.2, 0) is 9.59 Å². The molecular weight excluding hydrogens is 380 g/mol. The van der Waals surface area contributed by atoms with Crippen LogP contribution >= 0.6 is 0 Å². The van der Waals surface area contributed by atoms with E-state index in [4.69, 9.17) is 0 Å². The van der Waals surface area contributed by atoms with E-state index in [1.165, 1.54) is 0 Å². The van der Waals surface area contributed by atoms with Gasteiger partial charge in [-0.15, -0.1) is 0 Å². The van der Waals surface area contributed by atoms with Gasteiger partial charge in [0.05, 0.1) is 12.1 Å². The molecule has 0 bridgehead atoms. The van der Waals surface area contributed by atoms with Gasteiger partial charge in [0, 0.05) is 24.7 Å². The first-order valence-electron chi connectivity index (χ1n) is 11.1. The highest BCUT2D eigenvalue weighted by molar-refractivity contribution is 5.94. The summed E-state index contributed by atoms with van der Waals surface area (Å²) >= 11 is 0. The molecule has 3 heterocycles. The van der Waals surface area contributed by atoms with Gasteiger partial charge in [0.25, 0.3) is 5.91 Å². The molecule has 7 heteroatoms. The third-order valence-corrected chi connectivity index (χ3v) is 7.08. The summed E-state index contributed by atoms with van der Waals surface area (Å²) in [7, 11) is 1.74. The number of amides is 3. The highest BCUT2D eigenvalue weighted by Crippen LogP contribution is 2.40. The number of benzene rings is 1. The van der Waals surface area contributed by atoms with Crippen molar-refractivity contribution in [3.8, 4) is 0 Å². The molecule has 3 saturated heterocycles. The minimum Gasteiger partial charge on any atom is -0.343 e. The van der Waals surface area contributed by atoms with Gasteiger partial charge in [-0.25, -0.2) is 0 Å². The summed E-state index contributed by atoms with van der Waals surface area (Å²) in [5, 5.41) is 5.88. The largest absolute Gasteiger partial charge is 0.343 e. The molecule has 0 spiro atoms. The fourth-order valence-electron chi connectivity index (χ4n) is 5.27. The summed E-state index contributed by atoms with van der Waals surface area (Å²) in [5.41, 5.74) is 0.693. The van der Waals surface area contributed by atoms with Crippen LogP contribution in [0.3, 0.4) is 0 Å². The molecule has 0 radical (unpaired) electrons. The summed E-state index contributed by atoms with van der Waals surface area (Å²) in [5.74, 6) is 0.349. The highest BCUT2D eigenvalue weighted by atomic mass is 16.2. The molecule has 2 N–H and O–H groups in total. The summed E-state index contributed by atoms with van der Waals surface area (Å²) in [6.45, 7) is 3.11. The molecule has 3 aliphatic rings. The third-order valence-electron chi connectivity index (χ3n) is 7.08. The number of carbonyl (C=O) groups excluding carboxylic acids is 3. The van der Waals surface area contributed by atoms with Gasteiger partial charge in [-0.3, -0.25) is 14.4 Å². The molecule has 3 fully saturated rings. The molecule has 1 aromatic carbocycles. The predicted octanol–water partition coefficient (Wildman–Crippen LogP) is 1.39. The van der Waals surface area contributed by atoms with E-state index in [0.29, 0.717) is 24.4 Å². The monoisotopic (exact) mass is 412 g/mol. The zero-order valence-corrected chi connectivity index (χ0v) is 17.8. The zero-order valence-electron chi connectivity index (χ0n) is 17.8. The Balaban J connectivity index is 1.49. The molecule has 162 valence electrons. The van der Waals surface area contributed by atoms with Crippen molar-refractivity contribution in [2.45, 2.75) is 63.2 Å². The summed E-state index contributed by atoms with van der Waals surface area (Å²) in [4.78, 5) is 42.7. The molecule has 30 heavy (non-hydrogen) atoms. The van der Waals surface area contributed by atoms with Crippen molar-refractivity contribution < 1.29 is 14.4 Å². The number of likely N-dealkylation sites (tertiary alicyclic amines) is 1. The lowest BCUT2D eigenvalue weighted by molar-refractivity contribution is -0.139. The molecule has 5 atom stereocenters. The molecule has 0 aromatic heterocycles. The van der Waals surface area contributed by atoms with Gasteiger partial charge in [0.1, 0.15) is 6.04 Å². The smallest absolute Gasteiger partial charge is 0.253 e. The summed E-state index contributed by atoms with van der Waals surface area (Å²) in [6, 6.07) is 8.81. The fraction of sp³-hybridized carbons (Fsp3) is 0.609. The fourth-order valence-corrected chi connectivity index (χ4v) is 5.27. The van der Waals surface area contributed by atoms with Crippen LogP contribution in [0.25, 0.3) is 0 Å². The Morgan fingerprint density at radius 2 is 1.90 bits per heavy atom. The number of nitrogens with zero attached hydrogens (tertiary/aromatic N) is 2. The Bertz CT molecular complexity index is 799. The number of piperidine rings is 1. The Labute approximate surface area is 178 Å². The Hall–Kier alpha value is -2.41. The molecule has 3 amide bonds. The lowest BCUT2D eigenvalue weighted by Gasteiger charge is -2.40. The Kier molecular flexibility index (Phi) is 6.09. The molecule has 4 rings (SSSR count). The minimum absolute atomic E-state index is 0.0238. The van der Waals surface area contributed by atoms with Crippen LogP contribution in [0.1, 0.15) is 49.4 Å². The third kappa shape index (κ3) is 3.95. The van der Waals surface area contributed by atoms with Crippen molar-refractivity contribution in [1.82, 2.24) is 20.4 Å². The first-order chi connectivity index (χ1) is 14.5. The van der Waals surface area contributed by atoms with E-state index in [1.54, 1.807) is 14.0 Å². The second kappa shape index (κ2) is 8.76. The van der Waals surface area contributed by atoms with Gasteiger partial charge in [-0.1, -0.05) is 18.2 Å². The maximum atomic E-state index is 13.5. The zero-order chi connectivity index (χ0) is 21.3. The Morgan fingerprint density at radius 3 is 2.63 bits per heavy atom. The number of hydrogen-bond donors (Lipinski definition) is 2. The van der Waals surface area contributed by atoms with Crippen LogP contribution in [-0.4, -0.2) is 71.8 Å². The van der Waals surface area contributed by atoms with Crippen LogP contribution in [0.15, 0.2) is 30.3 Å². The number of rotatable bonds is 4. The molecule has 0 unspecified atom stereocenters.